The van der Waals surface area contributed by atoms with Gasteiger partial charge in [0.05, 0.1) is 11.1 Å². The summed E-state index contributed by atoms with van der Waals surface area (Å²) in [7, 11) is 0. The second kappa shape index (κ2) is 7.76. The van der Waals surface area contributed by atoms with Crippen LogP contribution in [0.25, 0.3) is 11.6 Å². The van der Waals surface area contributed by atoms with Crippen LogP contribution in [0.4, 0.5) is 17.6 Å². The Labute approximate surface area is 154 Å². The van der Waals surface area contributed by atoms with Crippen LogP contribution in [0, 0.1) is 11.3 Å². The van der Waals surface area contributed by atoms with Crippen molar-refractivity contribution in [2.24, 2.45) is 0 Å². The van der Waals surface area contributed by atoms with E-state index in [1.165, 1.54) is 12.1 Å². The number of carboxylic acids is 1. The molecule has 0 atom stereocenters. The van der Waals surface area contributed by atoms with Crippen LogP contribution in [0.3, 0.4) is 0 Å². The van der Waals surface area contributed by atoms with Crippen LogP contribution in [0.5, 0.6) is 0 Å². The summed E-state index contributed by atoms with van der Waals surface area (Å²) < 4.78 is 0. The molecule has 0 saturated carbocycles. The van der Waals surface area contributed by atoms with Crippen molar-refractivity contribution in [2.75, 3.05) is 11.1 Å². The number of anilines is 3. The van der Waals surface area contributed by atoms with Gasteiger partial charge in [0.25, 0.3) is 0 Å². The summed E-state index contributed by atoms with van der Waals surface area (Å²) in [4.78, 5) is 23.2. The summed E-state index contributed by atoms with van der Waals surface area (Å²) >= 11 is 0. The monoisotopic (exact) mass is 358 g/mol. The van der Waals surface area contributed by atoms with Crippen molar-refractivity contribution in [3.63, 3.8) is 0 Å². The van der Waals surface area contributed by atoms with E-state index in [1.807, 2.05) is 36.4 Å². The molecule has 4 N–H and O–H groups in total. The number of nitrogens with two attached hydrogens (primary N) is 1. The topological polar surface area (TPSA) is 138 Å². The van der Waals surface area contributed by atoms with Crippen molar-refractivity contribution < 1.29 is 9.90 Å². The first-order valence-electron chi connectivity index (χ1n) is 7.84. The molecule has 0 spiro atoms. The fourth-order valence-electron chi connectivity index (χ4n) is 2.25. The number of para-hydroxylation sites is 1. The lowest BCUT2D eigenvalue weighted by molar-refractivity contribution is 0.0697. The molecule has 0 bridgehead atoms. The molecule has 0 aliphatic heterocycles. The summed E-state index contributed by atoms with van der Waals surface area (Å²) in [5, 5.41) is 21.4. The molecule has 0 saturated heterocycles. The highest BCUT2D eigenvalue weighted by atomic mass is 16.4. The van der Waals surface area contributed by atoms with E-state index in [2.05, 4.69) is 20.3 Å². The standard InChI is InChI=1S/C19H14N6O2/c20-11-14(10-12-6-8-13(9-7-12)17(26)27)16-23-18(21)25-19(24-16)22-15-4-2-1-3-5-15/h1-10H,(H,26,27)(H3,21,22,23,24,25)/b14-10+. The number of hydrogen-bond donors (Lipinski definition) is 3. The molecule has 3 rings (SSSR count). The fourth-order valence-corrected chi connectivity index (χ4v) is 2.25. The smallest absolute Gasteiger partial charge is 0.335 e. The van der Waals surface area contributed by atoms with Gasteiger partial charge in [0.15, 0.2) is 5.82 Å². The predicted molar refractivity (Wildman–Crippen MR) is 101 cm³/mol. The molecule has 3 aromatic rings. The molecule has 2 aromatic carbocycles. The molecular formula is C19H14N6O2. The molecular weight excluding hydrogens is 344 g/mol. The van der Waals surface area contributed by atoms with Crippen molar-refractivity contribution in [2.45, 2.75) is 0 Å². The molecule has 0 aliphatic carbocycles. The fraction of sp³-hybridized carbons (Fsp3) is 0. The first-order valence-corrected chi connectivity index (χ1v) is 7.84. The van der Waals surface area contributed by atoms with Crippen LogP contribution >= 0.6 is 0 Å². The number of nitrogens with zero attached hydrogens (tertiary/aromatic N) is 4. The average Bonchev–Trinajstić information content (AvgIpc) is 2.66. The number of allylic oxidation sites excluding steroid dienone is 1. The van der Waals surface area contributed by atoms with Gasteiger partial charge in [-0.25, -0.2) is 4.79 Å². The average molecular weight is 358 g/mol. The Kier molecular flexibility index (Phi) is 5.05. The van der Waals surface area contributed by atoms with Gasteiger partial charge >= 0.3 is 5.97 Å². The van der Waals surface area contributed by atoms with Crippen LogP contribution in [0.15, 0.2) is 54.6 Å². The molecule has 132 valence electrons. The van der Waals surface area contributed by atoms with Crippen LogP contribution in [0.2, 0.25) is 0 Å². The van der Waals surface area contributed by atoms with E-state index >= 15 is 0 Å². The summed E-state index contributed by atoms with van der Waals surface area (Å²) in [5.41, 5.74) is 7.47. The highest BCUT2D eigenvalue weighted by Gasteiger charge is 2.10. The van der Waals surface area contributed by atoms with E-state index in [0.717, 1.165) is 5.69 Å². The number of rotatable bonds is 5. The Balaban J connectivity index is 1.93. The van der Waals surface area contributed by atoms with Gasteiger partial charge in [0.2, 0.25) is 11.9 Å². The van der Waals surface area contributed by atoms with Gasteiger partial charge in [-0.15, -0.1) is 0 Å². The van der Waals surface area contributed by atoms with Crippen LogP contribution in [-0.2, 0) is 0 Å². The number of benzene rings is 2. The quantitative estimate of drug-likeness (QED) is 0.592. The number of aromatic nitrogens is 3. The van der Waals surface area contributed by atoms with Gasteiger partial charge in [0.1, 0.15) is 6.07 Å². The van der Waals surface area contributed by atoms with Crippen molar-refractivity contribution in [1.82, 2.24) is 15.0 Å². The zero-order valence-electron chi connectivity index (χ0n) is 14.0. The Morgan fingerprint density at radius 1 is 1.07 bits per heavy atom. The predicted octanol–water partition coefficient (Wildman–Crippen LogP) is 2.96. The zero-order valence-corrected chi connectivity index (χ0v) is 14.0. The minimum atomic E-state index is -1.02. The molecule has 0 amide bonds. The molecule has 0 fully saturated rings. The van der Waals surface area contributed by atoms with E-state index in [0.29, 0.717) is 5.56 Å². The largest absolute Gasteiger partial charge is 0.478 e. The number of aromatic carboxylic acids is 1. The number of nitriles is 1. The summed E-state index contributed by atoms with van der Waals surface area (Å²) in [6, 6.07) is 17.4. The Morgan fingerprint density at radius 3 is 2.41 bits per heavy atom. The van der Waals surface area contributed by atoms with Gasteiger partial charge in [-0.2, -0.15) is 20.2 Å². The molecule has 8 nitrogen and oxygen atoms in total. The second-order valence-corrected chi connectivity index (χ2v) is 5.43. The second-order valence-electron chi connectivity index (χ2n) is 5.43. The molecule has 1 heterocycles. The third-order valence-corrected chi connectivity index (χ3v) is 3.51. The van der Waals surface area contributed by atoms with E-state index in [9.17, 15) is 10.1 Å². The zero-order chi connectivity index (χ0) is 19.2. The maximum atomic E-state index is 10.9. The minimum Gasteiger partial charge on any atom is -0.478 e. The lowest BCUT2D eigenvalue weighted by Crippen LogP contribution is -2.06. The summed E-state index contributed by atoms with van der Waals surface area (Å²) in [5.74, 6) is -0.717. The van der Waals surface area contributed by atoms with Gasteiger partial charge in [-0.05, 0) is 35.9 Å². The van der Waals surface area contributed by atoms with Gasteiger partial charge in [-0.1, -0.05) is 30.3 Å². The van der Waals surface area contributed by atoms with Crippen molar-refractivity contribution in [3.8, 4) is 6.07 Å². The Morgan fingerprint density at radius 2 is 1.78 bits per heavy atom. The maximum Gasteiger partial charge on any atom is 0.335 e. The van der Waals surface area contributed by atoms with Crippen molar-refractivity contribution in [3.05, 3.63) is 71.5 Å². The summed E-state index contributed by atoms with van der Waals surface area (Å²) in [6.45, 7) is 0. The van der Waals surface area contributed by atoms with Gasteiger partial charge in [0, 0.05) is 5.69 Å². The number of nitrogen functional groups attached to an aromatic ring is 1. The van der Waals surface area contributed by atoms with Gasteiger partial charge < -0.3 is 16.2 Å². The Bertz CT molecular complexity index is 1040. The molecule has 0 aliphatic rings. The molecule has 27 heavy (non-hydrogen) atoms. The lowest BCUT2D eigenvalue weighted by atomic mass is 10.1. The van der Waals surface area contributed by atoms with Crippen molar-refractivity contribution >= 4 is 35.2 Å². The SMILES string of the molecule is N#C/C(=C\c1ccc(C(=O)O)cc1)c1nc(N)nc(Nc2ccccc2)n1. The Hall–Kier alpha value is -4.25. The van der Waals surface area contributed by atoms with Gasteiger partial charge in [-0.3, -0.25) is 0 Å². The molecule has 1 aromatic heterocycles. The number of hydrogen-bond acceptors (Lipinski definition) is 7. The lowest BCUT2D eigenvalue weighted by Gasteiger charge is -2.07. The van der Waals surface area contributed by atoms with Crippen LogP contribution in [-0.4, -0.2) is 26.0 Å². The van der Waals surface area contributed by atoms with E-state index < -0.39 is 5.97 Å². The number of carboxylic acid groups (broad SMARTS) is 1. The summed E-state index contributed by atoms with van der Waals surface area (Å²) in [6.07, 6.45) is 1.55. The highest BCUT2D eigenvalue weighted by Crippen LogP contribution is 2.19. The molecule has 0 radical (unpaired) electrons. The first-order chi connectivity index (χ1) is 13.0. The maximum absolute atomic E-state index is 10.9. The first kappa shape index (κ1) is 17.6. The number of carbonyl (C=O) groups is 1. The number of nitrogens with one attached hydrogen (secondary N) is 1. The van der Waals surface area contributed by atoms with Crippen LogP contribution < -0.4 is 11.1 Å². The van der Waals surface area contributed by atoms with E-state index in [4.69, 9.17) is 10.8 Å². The van der Waals surface area contributed by atoms with Crippen LogP contribution in [0.1, 0.15) is 21.7 Å². The molecule has 8 heteroatoms. The van der Waals surface area contributed by atoms with E-state index in [-0.39, 0.29) is 28.9 Å². The third-order valence-electron chi connectivity index (χ3n) is 3.51. The minimum absolute atomic E-state index is 0.0270. The normalized spacial score (nSPS) is 10.9. The highest BCUT2D eigenvalue weighted by molar-refractivity contribution is 5.90. The molecule has 0 unspecified atom stereocenters. The third kappa shape index (κ3) is 4.43. The van der Waals surface area contributed by atoms with Crippen molar-refractivity contribution in [1.29, 1.82) is 5.26 Å². The van der Waals surface area contributed by atoms with E-state index in [1.54, 1.807) is 18.2 Å².